The fraction of sp³-hybridized carbons (Fsp3) is 0.550. The summed E-state index contributed by atoms with van der Waals surface area (Å²) in [6.07, 6.45) is 0.0469. The summed E-state index contributed by atoms with van der Waals surface area (Å²) in [5.41, 5.74) is 0.465. The number of amides is 3. The number of carbonyl (C=O) groups excluding carboxylic acids is 5. The zero-order valence-corrected chi connectivity index (χ0v) is 19.0. The maximum Gasteiger partial charge on any atom is 0.341 e. The van der Waals surface area contributed by atoms with Gasteiger partial charge in [0.1, 0.15) is 5.00 Å². The quantitative estimate of drug-likeness (QED) is 0.568. The lowest BCUT2D eigenvalue weighted by molar-refractivity contribution is -0.151. The van der Waals surface area contributed by atoms with Crippen molar-refractivity contribution in [3.8, 4) is 0 Å². The van der Waals surface area contributed by atoms with E-state index >= 15 is 0 Å². The van der Waals surface area contributed by atoms with Gasteiger partial charge >= 0.3 is 11.9 Å². The van der Waals surface area contributed by atoms with E-state index in [9.17, 15) is 24.0 Å². The highest BCUT2D eigenvalue weighted by Gasteiger charge is 2.36. The van der Waals surface area contributed by atoms with Crippen molar-refractivity contribution in [2.75, 3.05) is 32.1 Å². The Labute approximate surface area is 184 Å². The van der Waals surface area contributed by atoms with Crippen molar-refractivity contribution in [1.82, 2.24) is 10.2 Å². The molecule has 1 aliphatic rings. The molecule has 1 aliphatic heterocycles. The molecule has 0 bridgehead atoms. The molecule has 31 heavy (non-hydrogen) atoms. The fourth-order valence-electron chi connectivity index (χ4n) is 3.19. The van der Waals surface area contributed by atoms with Gasteiger partial charge in [-0.3, -0.25) is 19.2 Å². The maximum atomic E-state index is 12.3. The van der Waals surface area contributed by atoms with Gasteiger partial charge in [0.25, 0.3) is 11.8 Å². The Morgan fingerprint density at radius 2 is 1.90 bits per heavy atom. The molecule has 0 aromatic carbocycles. The third-order valence-corrected chi connectivity index (χ3v) is 5.98. The van der Waals surface area contributed by atoms with Crippen LogP contribution >= 0.6 is 11.3 Å². The van der Waals surface area contributed by atoms with Crippen LogP contribution in [0, 0.1) is 12.8 Å². The molecule has 1 unspecified atom stereocenters. The highest BCUT2D eigenvalue weighted by atomic mass is 32.1. The van der Waals surface area contributed by atoms with Gasteiger partial charge in [-0.2, -0.15) is 0 Å². The molecular formula is C20H27N3O7S. The summed E-state index contributed by atoms with van der Waals surface area (Å²) < 4.78 is 10.1. The summed E-state index contributed by atoms with van der Waals surface area (Å²) in [5.74, 6) is -3.13. The SMILES string of the molecule is CCOC(=O)c1c(NC(=O)COC(=O)C2CC(=O)N(C(C)C)C2)sc(C(=O)NC)c1C. The number of likely N-dealkylation sites (tertiary alicyclic amines) is 1. The Morgan fingerprint density at radius 1 is 1.23 bits per heavy atom. The van der Waals surface area contributed by atoms with Crippen molar-refractivity contribution in [1.29, 1.82) is 0 Å². The Hall–Kier alpha value is -2.95. The number of thiophene rings is 1. The monoisotopic (exact) mass is 453 g/mol. The average molecular weight is 454 g/mol. The van der Waals surface area contributed by atoms with Crippen molar-refractivity contribution in [2.45, 2.75) is 40.2 Å². The third-order valence-electron chi connectivity index (χ3n) is 4.77. The highest BCUT2D eigenvalue weighted by molar-refractivity contribution is 7.18. The number of hydrogen-bond donors (Lipinski definition) is 2. The summed E-state index contributed by atoms with van der Waals surface area (Å²) in [7, 11) is 1.46. The van der Waals surface area contributed by atoms with Crippen LogP contribution in [-0.2, 0) is 23.9 Å². The Kier molecular flexibility index (Phi) is 8.14. The molecule has 0 aliphatic carbocycles. The van der Waals surface area contributed by atoms with Gasteiger partial charge < -0.3 is 25.0 Å². The smallest absolute Gasteiger partial charge is 0.341 e. The lowest BCUT2D eigenvalue weighted by Crippen LogP contribution is -2.33. The summed E-state index contributed by atoms with van der Waals surface area (Å²) in [6.45, 7) is 6.74. The second-order valence-electron chi connectivity index (χ2n) is 7.26. The average Bonchev–Trinajstić information content (AvgIpc) is 3.26. The number of ether oxygens (including phenoxy) is 2. The van der Waals surface area contributed by atoms with Crippen LogP contribution in [0.2, 0.25) is 0 Å². The normalized spacial score (nSPS) is 15.7. The Morgan fingerprint density at radius 3 is 2.45 bits per heavy atom. The van der Waals surface area contributed by atoms with Crippen molar-refractivity contribution < 1.29 is 33.4 Å². The number of rotatable bonds is 8. The van der Waals surface area contributed by atoms with Crippen molar-refractivity contribution in [3.05, 3.63) is 16.0 Å². The van der Waals surface area contributed by atoms with Crippen LogP contribution in [0.25, 0.3) is 0 Å². The molecule has 170 valence electrons. The molecule has 2 heterocycles. The van der Waals surface area contributed by atoms with Crippen LogP contribution in [0.15, 0.2) is 0 Å². The van der Waals surface area contributed by atoms with Crippen molar-refractivity contribution in [2.24, 2.45) is 5.92 Å². The number of esters is 2. The number of anilines is 1. The zero-order valence-electron chi connectivity index (χ0n) is 18.2. The van der Waals surface area contributed by atoms with E-state index in [1.54, 1.807) is 18.7 Å². The van der Waals surface area contributed by atoms with E-state index in [4.69, 9.17) is 9.47 Å². The predicted molar refractivity (Wildman–Crippen MR) is 113 cm³/mol. The van der Waals surface area contributed by atoms with Crippen LogP contribution in [-0.4, -0.2) is 67.4 Å². The van der Waals surface area contributed by atoms with E-state index < -0.39 is 36.3 Å². The summed E-state index contributed by atoms with van der Waals surface area (Å²) in [4.78, 5) is 62.8. The van der Waals surface area contributed by atoms with E-state index in [2.05, 4.69) is 10.6 Å². The summed E-state index contributed by atoms with van der Waals surface area (Å²) >= 11 is 0.928. The lowest BCUT2D eigenvalue weighted by atomic mass is 10.1. The minimum atomic E-state index is -0.673. The second-order valence-corrected chi connectivity index (χ2v) is 8.28. The topological polar surface area (TPSA) is 131 Å². The van der Waals surface area contributed by atoms with Gasteiger partial charge in [0.2, 0.25) is 5.91 Å². The number of hydrogen-bond acceptors (Lipinski definition) is 8. The van der Waals surface area contributed by atoms with Gasteiger partial charge in [0.05, 0.1) is 23.0 Å². The van der Waals surface area contributed by atoms with Crippen LogP contribution in [0.5, 0.6) is 0 Å². The number of nitrogens with zero attached hydrogens (tertiary/aromatic N) is 1. The molecule has 0 radical (unpaired) electrons. The molecule has 0 spiro atoms. The van der Waals surface area contributed by atoms with Crippen molar-refractivity contribution in [3.63, 3.8) is 0 Å². The molecule has 1 atom stereocenters. The first kappa shape index (κ1) is 24.3. The summed E-state index contributed by atoms with van der Waals surface area (Å²) in [5, 5.41) is 5.13. The van der Waals surface area contributed by atoms with E-state index in [1.165, 1.54) is 7.05 Å². The van der Waals surface area contributed by atoms with Crippen LogP contribution in [0.3, 0.4) is 0 Å². The van der Waals surface area contributed by atoms with E-state index in [0.29, 0.717) is 5.56 Å². The fourth-order valence-corrected chi connectivity index (χ4v) is 4.34. The number of carbonyl (C=O) groups is 5. The first-order valence-electron chi connectivity index (χ1n) is 9.89. The Balaban J connectivity index is 2.06. The Bertz CT molecular complexity index is 894. The molecule has 1 fully saturated rings. The molecule has 1 saturated heterocycles. The third kappa shape index (κ3) is 5.60. The van der Waals surface area contributed by atoms with Gasteiger partial charge in [0, 0.05) is 26.1 Å². The van der Waals surface area contributed by atoms with Crippen LogP contribution in [0.4, 0.5) is 5.00 Å². The zero-order chi connectivity index (χ0) is 23.3. The molecule has 2 rings (SSSR count). The molecule has 2 N–H and O–H groups in total. The largest absolute Gasteiger partial charge is 0.462 e. The van der Waals surface area contributed by atoms with E-state index in [1.807, 2.05) is 13.8 Å². The first-order chi connectivity index (χ1) is 14.6. The molecule has 1 aromatic heterocycles. The first-order valence-corrected chi connectivity index (χ1v) is 10.7. The molecule has 0 saturated carbocycles. The molecular weight excluding hydrogens is 426 g/mol. The van der Waals surface area contributed by atoms with Gasteiger partial charge in [-0.05, 0) is 33.3 Å². The molecule has 11 heteroatoms. The van der Waals surface area contributed by atoms with Crippen LogP contribution < -0.4 is 10.6 Å². The maximum absolute atomic E-state index is 12.3. The lowest BCUT2D eigenvalue weighted by Gasteiger charge is -2.20. The predicted octanol–water partition coefficient (Wildman–Crippen LogP) is 1.33. The molecule has 1 aromatic rings. The van der Waals surface area contributed by atoms with Gasteiger partial charge in [-0.1, -0.05) is 0 Å². The second kappa shape index (κ2) is 10.4. The van der Waals surface area contributed by atoms with Crippen molar-refractivity contribution >= 4 is 46.0 Å². The highest BCUT2D eigenvalue weighted by Crippen LogP contribution is 2.33. The minimum Gasteiger partial charge on any atom is -0.462 e. The summed E-state index contributed by atoms with van der Waals surface area (Å²) in [6, 6.07) is -0.0218. The van der Waals surface area contributed by atoms with E-state index in [0.717, 1.165) is 11.3 Å². The molecule has 10 nitrogen and oxygen atoms in total. The van der Waals surface area contributed by atoms with Crippen LogP contribution in [0.1, 0.15) is 52.8 Å². The van der Waals surface area contributed by atoms with Gasteiger partial charge in [-0.15, -0.1) is 11.3 Å². The van der Waals surface area contributed by atoms with E-state index in [-0.39, 0.29) is 47.0 Å². The minimum absolute atomic E-state index is 0.0218. The molecule has 3 amide bonds. The van der Waals surface area contributed by atoms with Gasteiger partial charge in [0.15, 0.2) is 6.61 Å². The standard InChI is InChI=1S/C20H27N3O7S/c1-6-29-20(28)15-11(4)16(17(26)21-5)31-18(15)22-13(24)9-30-19(27)12-7-14(25)23(8-12)10(2)3/h10,12H,6-9H2,1-5H3,(H,21,26)(H,22,24). The number of nitrogens with one attached hydrogen (secondary N) is 2. The van der Waals surface area contributed by atoms with Gasteiger partial charge in [-0.25, -0.2) is 4.79 Å².